The number of primary amides is 1. The monoisotopic (exact) mass is 407 g/mol. The summed E-state index contributed by atoms with van der Waals surface area (Å²) in [6.07, 6.45) is 1.76. The number of carbonyl (C=O) groups is 2. The van der Waals surface area contributed by atoms with Crippen LogP contribution in [0.5, 0.6) is 0 Å². The number of para-hydroxylation sites is 1. The SMILES string of the molecule is Cc1cc(C)n2nc(CC(=O)Nc3ccccc3CN3CCCC3C(N)=O)nc2n1. The Hall–Kier alpha value is -3.33. The lowest BCUT2D eigenvalue weighted by Crippen LogP contribution is -2.39. The molecule has 3 heterocycles. The predicted octanol–water partition coefficient (Wildman–Crippen LogP) is 1.37. The number of rotatable bonds is 6. The molecule has 0 radical (unpaired) electrons. The van der Waals surface area contributed by atoms with Crippen LogP contribution in [-0.4, -0.2) is 48.9 Å². The maximum absolute atomic E-state index is 12.7. The fourth-order valence-electron chi connectivity index (χ4n) is 3.96. The van der Waals surface area contributed by atoms with Crippen LogP contribution in [0.25, 0.3) is 5.78 Å². The molecule has 1 aliphatic rings. The average molecular weight is 407 g/mol. The number of amides is 2. The van der Waals surface area contributed by atoms with Gasteiger partial charge in [-0.1, -0.05) is 18.2 Å². The minimum atomic E-state index is -0.300. The van der Waals surface area contributed by atoms with Crippen LogP contribution < -0.4 is 11.1 Å². The molecule has 4 rings (SSSR count). The first-order valence-corrected chi connectivity index (χ1v) is 10.0. The van der Waals surface area contributed by atoms with Crippen LogP contribution in [-0.2, 0) is 22.6 Å². The average Bonchev–Trinajstić information content (AvgIpc) is 3.30. The van der Waals surface area contributed by atoms with Crippen molar-refractivity contribution in [3.8, 4) is 0 Å². The summed E-state index contributed by atoms with van der Waals surface area (Å²) in [5.41, 5.74) is 8.95. The molecule has 1 atom stereocenters. The van der Waals surface area contributed by atoms with Crippen molar-refractivity contribution in [1.29, 1.82) is 0 Å². The van der Waals surface area contributed by atoms with E-state index in [0.717, 1.165) is 36.3 Å². The van der Waals surface area contributed by atoms with E-state index >= 15 is 0 Å². The van der Waals surface area contributed by atoms with Crippen molar-refractivity contribution in [3.05, 3.63) is 53.1 Å². The molecule has 156 valence electrons. The van der Waals surface area contributed by atoms with Crippen LogP contribution in [0.15, 0.2) is 30.3 Å². The number of nitrogens with one attached hydrogen (secondary N) is 1. The van der Waals surface area contributed by atoms with Crippen LogP contribution in [0.4, 0.5) is 5.69 Å². The normalized spacial score (nSPS) is 16.8. The van der Waals surface area contributed by atoms with Gasteiger partial charge in [-0.25, -0.2) is 9.50 Å². The summed E-state index contributed by atoms with van der Waals surface area (Å²) in [5.74, 6) is 0.397. The zero-order valence-corrected chi connectivity index (χ0v) is 17.1. The third kappa shape index (κ3) is 4.16. The molecule has 0 bridgehead atoms. The molecule has 2 aromatic heterocycles. The van der Waals surface area contributed by atoms with E-state index < -0.39 is 0 Å². The van der Waals surface area contributed by atoms with Gasteiger partial charge >= 0.3 is 0 Å². The largest absolute Gasteiger partial charge is 0.368 e. The number of aromatic nitrogens is 4. The van der Waals surface area contributed by atoms with Gasteiger partial charge in [0.15, 0.2) is 5.82 Å². The fourth-order valence-corrected chi connectivity index (χ4v) is 3.96. The Morgan fingerprint density at radius 3 is 2.83 bits per heavy atom. The van der Waals surface area contributed by atoms with Gasteiger partial charge in [0.05, 0.1) is 12.5 Å². The van der Waals surface area contributed by atoms with Gasteiger partial charge in [-0.3, -0.25) is 14.5 Å². The number of anilines is 1. The Morgan fingerprint density at radius 1 is 1.23 bits per heavy atom. The van der Waals surface area contributed by atoms with E-state index in [-0.39, 0.29) is 24.3 Å². The van der Waals surface area contributed by atoms with Gasteiger partial charge in [0.2, 0.25) is 11.8 Å². The first-order chi connectivity index (χ1) is 14.4. The highest BCUT2D eigenvalue weighted by Gasteiger charge is 2.29. The number of carbonyl (C=O) groups excluding carboxylic acids is 2. The van der Waals surface area contributed by atoms with Crippen LogP contribution >= 0.6 is 0 Å². The van der Waals surface area contributed by atoms with E-state index in [1.807, 2.05) is 44.2 Å². The molecule has 0 aliphatic carbocycles. The maximum Gasteiger partial charge on any atom is 0.252 e. The summed E-state index contributed by atoms with van der Waals surface area (Å²) < 4.78 is 1.64. The molecule has 1 aromatic carbocycles. The maximum atomic E-state index is 12.7. The summed E-state index contributed by atoms with van der Waals surface area (Å²) in [6, 6.07) is 9.25. The summed E-state index contributed by atoms with van der Waals surface area (Å²) >= 11 is 0. The van der Waals surface area contributed by atoms with E-state index in [1.54, 1.807) is 4.52 Å². The summed E-state index contributed by atoms with van der Waals surface area (Å²) in [4.78, 5) is 35.1. The van der Waals surface area contributed by atoms with E-state index in [0.29, 0.717) is 23.8 Å². The highest BCUT2D eigenvalue weighted by atomic mass is 16.2. The number of hydrogen-bond acceptors (Lipinski definition) is 6. The first kappa shape index (κ1) is 20.0. The van der Waals surface area contributed by atoms with E-state index in [1.165, 1.54) is 0 Å². The third-order valence-electron chi connectivity index (χ3n) is 5.34. The molecule has 0 saturated carbocycles. The van der Waals surface area contributed by atoms with Gasteiger partial charge in [0, 0.05) is 23.6 Å². The van der Waals surface area contributed by atoms with Crippen molar-refractivity contribution in [1.82, 2.24) is 24.5 Å². The highest BCUT2D eigenvalue weighted by Crippen LogP contribution is 2.24. The van der Waals surface area contributed by atoms with E-state index in [9.17, 15) is 9.59 Å². The minimum Gasteiger partial charge on any atom is -0.368 e. The van der Waals surface area contributed by atoms with Crippen molar-refractivity contribution in [2.75, 3.05) is 11.9 Å². The van der Waals surface area contributed by atoms with Gasteiger partial charge in [-0.2, -0.15) is 4.98 Å². The predicted molar refractivity (Wildman–Crippen MR) is 112 cm³/mol. The standard InChI is InChI=1S/C21H25N7O2/c1-13-10-14(2)28-21(23-13)25-18(26-28)11-19(29)24-16-7-4-3-6-15(16)12-27-9-5-8-17(27)20(22)30/h3-4,6-7,10,17H,5,8-9,11-12H2,1-2H3,(H2,22,30)(H,24,29). The Morgan fingerprint density at radius 2 is 2.03 bits per heavy atom. The summed E-state index contributed by atoms with van der Waals surface area (Å²) in [5, 5.41) is 7.35. The van der Waals surface area contributed by atoms with Gasteiger partial charge in [0.1, 0.15) is 0 Å². The van der Waals surface area contributed by atoms with Crippen LogP contribution in [0.1, 0.15) is 35.6 Å². The number of aryl methyl sites for hydroxylation is 2. The number of nitrogens with two attached hydrogens (primary N) is 1. The summed E-state index contributed by atoms with van der Waals surface area (Å²) in [7, 11) is 0. The van der Waals surface area contributed by atoms with Crippen LogP contribution in [0.3, 0.4) is 0 Å². The first-order valence-electron chi connectivity index (χ1n) is 10.0. The molecule has 3 N–H and O–H groups in total. The van der Waals surface area contributed by atoms with Gasteiger partial charge in [-0.15, -0.1) is 5.10 Å². The van der Waals surface area contributed by atoms with Crippen molar-refractivity contribution in [2.24, 2.45) is 5.73 Å². The lowest BCUT2D eigenvalue weighted by atomic mass is 10.1. The lowest BCUT2D eigenvalue weighted by Gasteiger charge is -2.23. The van der Waals surface area contributed by atoms with E-state index in [4.69, 9.17) is 5.73 Å². The molecule has 30 heavy (non-hydrogen) atoms. The lowest BCUT2D eigenvalue weighted by molar-refractivity contribution is -0.122. The summed E-state index contributed by atoms with van der Waals surface area (Å²) in [6.45, 7) is 5.19. The molecular weight excluding hydrogens is 382 g/mol. The zero-order chi connectivity index (χ0) is 21.3. The Kier molecular flexibility index (Phi) is 5.45. The number of benzene rings is 1. The molecule has 1 aliphatic heterocycles. The highest BCUT2D eigenvalue weighted by molar-refractivity contribution is 5.92. The Balaban J connectivity index is 1.47. The Bertz CT molecular complexity index is 1110. The van der Waals surface area contributed by atoms with Gasteiger partial charge in [-0.05, 0) is 50.9 Å². The number of fused-ring (bicyclic) bond motifs is 1. The molecule has 9 nitrogen and oxygen atoms in total. The minimum absolute atomic E-state index is 0.0454. The van der Waals surface area contributed by atoms with Gasteiger partial charge < -0.3 is 11.1 Å². The molecular formula is C21H25N7O2. The van der Waals surface area contributed by atoms with Crippen molar-refractivity contribution in [2.45, 2.75) is 45.7 Å². The molecule has 1 fully saturated rings. The van der Waals surface area contributed by atoms with Gasteiger partial charge in [0.25, 0.3) is 5.78 Å². The van der Waals surface area contributed by atoms with Crippen LogP contribution in [0.2, 0.25) is 0 Å². The molecule has 1 unspecified atom stereocenters. The molecule has 3 aromatic rings. The van der Waals surface area contributed by atoms with Crippen molar-refractivity contribution >= 4 is 23.3 Å². The van der Waals surface area contributed by atoms with Crippen molar-refractivity contribution < 1.29 is 9.59 Å². The van der Waals surface area contributed by atoms with Crippen LogP contribution in [0, 0.1) is 13.8 Å². The van der Waals surface area contributed by atoms with E-state index in [2.05, 4.69) is 25.3 Å². The smallest absolute Gasteiger partial charge is 0.252 e. The zero-order valence-electron chi connectivity index (χ0n) is 17.1. The van der Waals surface area contributed by atoms with Crippen molar-refractivity contribution in [3.63, 3.8) is 0 Å². The molecule has 2 amide bonds. The molecule has 1 saturated heterocycles. The second kappa shape index (κ2) is 8.19. The number of nitrogens with zero attached hydrogens (tertiary/aromatic N) is 5. The second-order valence-electron chi connectivity index (χ2n) is 7.69. The Labute approximate surface area is 174 Å². The second-order valence-corrected chi connectivity index (χ2v) is 7.69. The fraction of sp³-hybridized carbons (Fsp3) is 0.381. The topological polar surface area (TPSA) is 119 Å². The molecule has 0 spiro atoms. The number of likely N-dealkylation sites (tertiary alicyclic amines) is 1. The number of hydrogen-bond donors (Lipinski definition) is 2. The third-order valence-corrected chi connectivity index (χ3v) is 5.34. The molecule has 9 heteroatoms. The quantitative estimate of drug-likeness (QED) is 0.637.